The van der Waals surface area contributed by atoms with Crippen LogP contribution in [0.4, 0.5) is 0 Å². The molecule has 0 aliphatic carbocycles. The van der Waals surface area contributed by atoms with Crippen molar-refractivity contribution in [3.8, 4) is 5.75 Å². The van der Waals surface area contributed by atoms with Gasteiger partial charge in [0.05, 0.1) is 7.11 Å². The highest BCUT2D eigenvalue weighted by atomic mass is 32.1. The van der Waals surface area contributed by atoms with Gasteiger partial charge < -0.3 is 14.5 Å². The third-order valence-corrected chi connectivity index (χ3v) is 7.27. The number of methoxy groups -OCH3 is 1. The number of nitrogens with zero attached hydrogens (tertiary/aromatic N) is 2. The molecule has 164 valence electrons. The van der Waals surface area contributed by atoms with Crippen molar-refractivity contribution in [1.29, 1.82) is 0 Å². The molecule has 2 saturated heterocycles. The lowest BCUT2D eigenvalue weighted by atomic mass is 9.83. The summed E-state index contributed by atoms with van der Waals surface area (Å²) in [6, 6.07) is 12.2. The number of carbonyl (C=O) groups excluding carboxylic acids is 2. The molecular formula is C25H30N2O3S. The van der Waals surface area contributed by atoms with E-state index in [1.807, 2.05) is 52.8 Å². The van der Waals surface area contributed by atoms with E-state index in [0.29, 0.717) is 25.3 Å². The summed E-state index contributed by atoms with van der Waals surface area (Å²) in [5, 5.41) is 2.01. The highest BCUT2D eigenvalue weighted by molar-refractivity contribution is 7.10. The van der Waals surface area contributed by atoms with Crippen LogP contribution in [-0.4, -0.2) is 54.4 Å². The van der Waals surface area contributed by atoms with Gasteiger partial charge in [0.1, 0.15) is 5.75 Å². The summed E-state index contributed by atoms with van der Waals surface area (Å²) in [5.41, 5.74) is 1.07. The van der Waals surface area contributed by atoms with Crippen molar-refractivity contribution in [2.24, 2.45) is 5.92 Å². The third kappa shape index (κ3) is 5.18. The highest BCUT2D eigenvalue weighted by Crippen LogP contribution is 2.31. The molecule has 0 bridgehead atoms. The van der Waals surface area contributed by atoms with Crippen LogP contribution in [0, 0.1) is 5.92 Å². The molecule has 0 N–H and O–H groups in total. The van der Waals surface area contributed by atoms with Gasteiger partial charge in [-0.2, -0.15) is 0 Å². The molecule has 5 nitrogen and oxygen atoms in total. The summed E-state index contributed by atoms with van der Waals surface area (Å²) in [7, 11) is 1.67. The maximum atomic E-state index is 13.1. The molecule has 0 unspecified atom stereocenters. The zero-order valence-electron chi connectivity index (χ0n) is 18.0. The molecule has 2 aliphatic rings. The van der Waals surface area contributed by atoms with E-state index < -0.39 is 0 Å². The van der Waals surface area contributed by atoms with Crippen LogP contribution in [-0.2, 0) is 16.0 Å². The first kappa shape index (κ1) is 21.6. The first-order valence-electron chi connectivity index (χ1n) is 11.1. The van der Waals surface area contributed by atoms with Gasteiger partial charge in [0, 0.05) is 43.1 Å². The Morgan fingerprint density at radius 2 is 2.03 bits per heavy atom. The first-order chi connectivity index (χ1) is 15.2. The van der Waals surface area contributed by atoms with Crippen LogP contribution < -0.4 is 4.74 Å². The predicted molar refractivity (Wildman–Crippen MR) is 124 cm³/mol. The molecule has 31 heavy (non-hydrogen) atoms. The summed E-state index contributed by atoms with van der Waals surface area (Å²) in [6.07, 6.45) is 7.72. The first-order valence-corrected chi connectivity index (χ1v) is 12.0. The molecule has 2 fully saturated rings. The van der Waals surface area contributed by atoms with Crippen LogP contribution in [0.5, 0.6) is 5.75 Å². The van der Waals surface area contributed by atoms with Gasteiger partial charge in [-0.3, -0.25) is 9.59 Å². The second-order valence-corrected chi connectivity index (χ2v) is 9.27. The summed E-state index contributed by atoms with van der Waals surface area (Å²) in [5.74, 6) is 1.51. The number of piperidine rings is 2. The number of benzene rings is 1. The van der Waals surface area contributed by atoms with Crippen molar-refractivity contribution in [3.63, 3.8) is 0 Å². The number of hydrogen-bond donors (Lipinski definition) is 0. The lowest BCUT2D eigenvalue weighted by Gasteiger charge is -2.47. The van der Waals surface area contributed by atoms with Gasteiger partial charge in [-0.25, -0.2) is 0 Å². The summed E-state index contributed by atoms with van der Waals surface area (Å²) in [6.45, 7) is 2.29. The van der Waals surface area contributed by atoms with Crippen LogP contribution >= 0.6 is 11.3 Å². The highest BCUT2D eigenvalue weighted by Gasteiger charge is 2.38. The van der Waals surface area contributed by atoms with Gasteiger partial charge in [0.15, 0.2) is 0 Å². The number of hydrogen-bond acceptors (Lipinski definition) is 4. The molecule has 0 radical (unpaired) electrons. The maximum Gasteiger partial charge on any atom is 0.246 e. The standard InChI is InChI=1S/C25H30N2O3S/c1-30-23-9-3-2-6-19(23)10-12-25(29)27-15-4-7-20-18-26(16-14-22(20)27)24(28)13-11-21-8-5-17-31-21/h2-3,5-6,8-9,11,13,17,20,22H,4,7,10,12,14-16,18H2,1H3/t20-,22-/m1/s1. The monoisotopic (exact) mass is 438 g/mol. The van der Waals surface area contributed by atoms with Crippen LogP contribution in [0.1, 0.15) is 36.1 Å². The number of para-hydroxylation sites is 1. The normalized spacial score (nSPS) is 21.2. The largest absolute Gasteiger partial charge is 0.496 e. The van der Waals surface area contributed by atoms with E-state index in [9.17, 15) is 9.59 Å². The average molecular weight is 439 g/mol. The number of amides is 2. The number of carbonyl (C=O) groups is 2. The fraction of sp³-hybridized carbons (Fsp3) is 0.440. The zero-order chi connectivity index (χ0) is 21.6. The Labute approximate surface area is 188 Å². The van der Waals surface area contributed by atoms with Crippen molar-refractivity contribution in [1.82, 2.24) is 9.80 Å². The number of rotatable bonds is 6. The van der Waals surface area contributed by atoms with E-state index in [1.54, 1.807) is 24.5 Å². The number of thiophene rings is 1. The van der Waals surface area contributed by atoms with Gasteiger partial charge in [0.25, 0.3) is 0 Å². The molecule has 2 atom stereocenters. The lowest BCUT2D eigenvalue weighted by molar-refractivity contribution is -0.140. The summed E-state index contributed by atoms with van der Waals surface area (Å²) in [4.78, 5) is 30.9. The second kappa shape index (κ2) is 10.1. The van der Waals surface area contributed by atoms with Gasteiger partial charge in [-0.15, -0.1) is 11.3 Å². The second-order valence-electron chi connectivity index (χ2n) is 8.29. The van der Waals surface area contributed by atoms with Crippen LogP contribution in [0.3, 0.4) is 0 Å². The minimum atomic E-state index is 0.0754. The Hall–Kier alpha value is -2.60. The molecule has 1 aromatic heterocycles. The quantitative estimate of drug-likeness (QED) is 0.634. The molecule has 3 heterocycles. The fourth-order valence-corrected chi connectivity index (χ4v) is 5.47. The Morgan fingerprint density at radius 1 is 1.16 bits per heavy atom. The van der Waals surface area contributed by atoms with E-state index in [2.05, 4.69) is 4.90 Å². The lowest BCUT2D eigenvalue weighted by Crippen LogP contribution is -2.56. The summed E-state index contributed by atoms with van der Waals surface area (Å²) < 4.78 is 5.42. The number of ether oxygens (including phenoxy) is 1. The molecule has 2 amide bonds. The van der Waals surface area contributed by atoms with Crippen molar-refractivity contribution >= 4 is 29.2 Å². The Morgan fingerprint density at radius 3 is 2.84 bits per heavy atom. The number of aryl methyl sites for hydroxylation is 1. The zero-order valence-corrected chi connectivity index (χ0v) is 18.9. The van der Waals surface area contributed by atoms with E-state index in [0.717, 1.165) is 48.5 Å². The molecule has 0 saturated carbocycles. The van der Waals surface area contributed by atoms with E-state index in [1.165, 1.54) is 0 Å². The van der Waals surface area contributed by atoms with Gasteiger partial charge in [0.2, 0.25) is 11.8 Å². The van der Waals surface area contributed by atoms with Crippen molar-refractivity contribution in [3.05, 3.63) is 58.3 Å². The molecule has 1 aromatic carbocycles. The minimum Gasteiger partial charge on any atom is -0.496 e. The Kier molecular flexibility index (Phi) is 7.07. The van der Waals surface area contributed by atoms with Crippen molar-refractivity contribution in [2.75, 3.05) is 26.7 Å². The maximum absolute atomic E-state index is 13.1. The van der Waals surface area contributed by atoms with Gasteiger partial charge in [-0.05, 0) is 60.8 Å². The average Bonchev–Trinajstić information content (AvgIpc) is 3.34. The molecule has 2 aromatic rings. The minimum absolute atomic E-state index is 0.0754. The predicted octanol–water partition coefficient (Wildman–Crippen LogP) is 4.24. The van der Waals surface area contributed by atoms with Gasteiger partial charge >= 0.3 is 0 Å². The fourth-order valence-electron chi connectivity index (χ4n) is 4.85. The summed E-state index contributed by atoms with van der Waals surface area (Å²) >= 11 is 1.63. The van der Waals surface area contributed by atoms with E-state index in [4.69, 9.17) is 4.74 Å². The van der Waals surface area contributed by atoms with Crippen LogP contribution in [0.2, 0.25) is 0 Å². The number of likely N-dealkylation sites (tertiary alicyclic amines) is 2. The van der Waals surface area contributed by atoms with Crippen molar-refractivity contribution in [2.45, 2.75) is 38.1 Å². The molecule has 0 spiro atoms. The van der Waals surface area contributed by atoms with E-state index >= 15 is 0 Å². The number of fused-ring (bicyclic) bond motifs is 1. The SMILES string of the molecule is COc1ccccc1CCC(=O)N1CCC[C@@H]2CN(C(=O)C=Cc3cccs3)CC[C@H]21. The molecule has 4 rings (SSSR count). The Bertz CT molecular complexity index is 925. The Balaban J connectivity index is 1.33. The topological polar surface area (TPSA) is 49.9 Å². The third-order valence-electron chi connectivity index (χ3n) is 6.43. The van der Waals surface area contributed by atoms with Crippen molar-refractivity contribution < 1.29 is 14.3 Å². The molecular weight excluding hydrogens is 408 g/mol. The van der Waals surface area contributed by atoms with Crippen LogP contribution in [0.25, 0.3) is 6.08 Å². The molecule has 6 heteroatoms. The van der Waals surface area contributed by atoms with Gasteiger partial charge in [-0.1, -0.05) is 24.3 Å². The smallest absolute Gasteiger partial charge is 0.246 e. The van der Waals surface area contributed by atoms with E-state index in [-0.39, 0.29) is 17.9 Å². The molecule has 2 aliphatic heterocycles. The van der Waals surface area contributed by atoms with Crippen LogP contribution in [0.15, 0.2) is 47.9 Å².